The van der Waals surface area contributed by atoms with Crippen LogP contribution in [0.5, 0.6) is 0 Å². The van der Waals surface area contributed by atoms with Crippen molar-refractivity contribution in [2.75, 3.05) is 42.3 Å². The van der Waals surface area contributed by atoms with Crippen LogP contribution in [0.25, 0.3) is 10.8 Å². The summed E-state index contributed by atoms with van der Waals surface area (Å²) in [5.41, 5.74) is 0. The third kappa shape index (κ3) is 8.70. The molecule has 0 bridgehead atoms. The number of hydrogen-bond donors (Lipinski definition) is 2. The Balaban J connectivity index is 0.000000662. The number of hydrogen-bond acceptors (Lipinski definition) is 6. The van der Waals surface area contributed by atoms with Crippen molar-refractivity contribution in [3.8, 4) is 0 Å². The molecular weight excluding hydrogens is 380 g/mol. The van der Waals surface area contributed by atoms with E-state index in [0.29, 0.717) is 0 Å². The third-order valence-corrected chi connectivity index (χ3v) is 4.17. The second-order valence-electron chi connectivity index (χ2n) is 6.52. The lowest BCUT2D eigenvalue weighted by molar-refractivity contribution is -0.836. The molecule has 0 heterocycles. The van der Waals surface area contributed by atoms with E-state index >= 15 is 0 Å². The second-order valence-corrected chi connectivity index (χ2v) is 9.21. The van der Waals surface area contributed by atoms with Crippen LogP contribution >= 0.6 is 0 Å². The van der Waals surface area contributed by atoms with E-state index in [2.05, 4.69) is 42.3 Å². The predicted octanol–water partition coefficient (Wildman–Crippen LogP) is -1.83. The first-order valence-electron chi connectivity index (χ1n) is 7.65. The van der Waals surface area contributed by atoms with Gasteiger partial charge < -0.3 is 18.9 Å². The van der Waals surface area contributed by atoms with Crippen LogP contribution in [-0.4, -0.2) is 68.2 Å². The minimum Gasteiger partial charge on any atom is -0.744 e. The van der Waals surface area contributed by atoms with E-state index in [1.54, 1.807) is 0 Å². The van der Waals surface area contributed by atoms with E-state index in [9.17, 15) is 25.9 Å². The number of quaternary nitrogens is 2. The molecule has 0 unspecified atom stereocenters. The Morgan fingerprint density at radius 2 is 0.846 bits per heavy atom. The molecule has 0 aliphatic heterocycles. The molecular formula is C16H26N2O6S2. The Labute approximate surface area is 155 Å². The monoisotopic (exact) mass is 406 g/mol. The minimum absolute atomic E-state index is 0.0792. The summed E-state index contributed by atoms with van der Waals surface area (Å²) in [6.45, 7) is 0. The maximum absolute atomic E-state index is 11.0. The van der Waals surface area contributed by atoms with Crippen molar-refractivity contribution in [3.05, 3.63) is 36.4 Å². The summed E-state index contributed by atoms with van der Waals surface area (Å²) in [5.74, 6) is 0. The number of fused-ring (bicyclic) bond motifs is 1. The fraction of sp³-hybridized carbons (Fsp3) is 0.375. The molecule has 2 aromatic carbocycles. The van der Waals surface area contributed by atoms with Crippen molar-refractivity contribution in [2.24, 2.45) is 0 Å². The normalized spacial score (nSPS) is 11.6. The molecule has 148 valence electrons. The maximum Gasteiger partial charge on any atom is 0.125 e. The van der Waals surface area contributed by atoms with Crippen molar-refractivity contribution in [1.82, 2.24) is 0 Å². The zero-order valence-electron chi connectivity index (χ0n) is 15.7. The molecule has 0 aliphatic rings. The van der Waals surface area contributed by atoms with Crippen molar-refractivity contribution in [1.29, 1.82) is 0 Å². The van der Waals surface area contributed by atoms with Crippen LogP contribution in [0.3, 0.4) is 0 Å². The molecule has 10 heteroatoms. The van der Waals surface area contributed by atoms with Crippen LogP contribution in [0.1, 0.15) is 0 Å². The molecule has 2 N–H and O–H groups in total. The fourth-order valence-corrected chi connectivity index (χ4v) is 3.07. The SMILES string of the molecule is C[NH+](C)C.C[NH+](C)C.O=S(=O)([O-])c1cccc2c(S(=O)(=O)[O-])cccc12. The molecule has 0 fully saturated rings. The van der Waals surface area contributed by atoms with E-state index in [1.165, 1.54) is 34.1 Å². The van der Waals surface area contributed by atoms with Gasteiger partial charge in [0, 0.05) is 10.8 Å². The van der Waals surface area contributed by atoms with Gasteiger partial charge in [0.25, 0.3) is 0 Å². The van der Waals surface area contributed by atoms with Crippen LogP contribution in [0.4, 0.5) is 0 Å². The average molecular weight is 407 g/mol. The maximum atomic E-state index is 11.0. The van der Waals surface area contributed by atoms with E-state index in [-0.39, 0.29) is 10.8 Å². The van der Waals surface area contributed by atoms with Crippen LogP contribution in [0, 0.1) is 0 Å². The van der Waals surface area contributed by atoms with E-state index in [4.69, 9.17) is 0 Å². The molecule has 0 aromatic heterocycles. The molecule has 0 saturated carbocycles. The minimum atomic E-state index is -4.74. The highest BCUT2D eigenvalue weighted by Gasteiger charge is 2.12. The van der Waals surface area contributed by atoms with Crippen molar-refractivity contribution in [2.45, 2.75) is 9.79 Å². The summed E-state index contributed by atoms with van der Waals surface area (Å²) < 4.78 is 66.1. The largest absolute Gasteiger partial charge is 0.744 e. The molecule has 0 saturated heterocycles. The van der Waals surface area contributed by atoms with Crippen LogP contribution < -0.4 is 9.80 Å². The highest BCUT2D eigenvalue weighted by atomic mass is 32.2. The van der Waals surface area contributed by atoms with Crippen LogP contribution in [-0.2, 0) is 20.2 Å². The Morgan fingerprint density at radius 1 is 0.615 bits per heavy atom. The molecule has 0 spiro atoms. The summed E-state index contributed by atoms with van der Waals surface area (Å²) in [6.07, 6.45) is 0. The van der Waals surface area contributed by atoms with Crippen LogP contribution in [0.15, 0.2) is 46.2 Å². The molecule has 0 radical (unpaired) electrons. The number of nitrogens with one attached hydrogen (secondary N) is 2. The standard InChI is InChI=1S/C10H8O6S2.2C3H9N/c11-17(12,13)9-5-1-3-7-8(9)4-2-6-10(7)18(14,15)16;2*1-4(2)3/h1-6H,(H,11,12,13)(H,14,15,16);2*1-3H3. The average Bonchev–Trinajstić information content (AvgIpc) is 2.42. The Hall–Kier alpha value is -1.56. The van der Waals surface area contributed by atoms with Gasteiger partial charge in [-0.2, -0.15) is 0 Å². The first-order chi connectivity index (χ1) is 11.7. The fourth-order valence-electron chi connectivity index (χ4n) is 1.69. The third-order valence-electron chi connectivity index (χ3n) is 2.38. The van der Waals surface area contributed by atoms with Crippen LogP contribution in [0.2, 0.25) is 0 Å². The van der Waals surface area contributed by atoms with Gasteiger partial charge in [0.2, 0.25) is 0 Å². The second kappa shape index (κ2) is 9.95. The van der Waals surface area contributed by atoms with Gasteiger partial charge in [-0.15, -0.1) is 0 Å². The Morgan fingerprint density at radius 3 is 1.04 bits per heavy atom. The van der Waals surface area contributed by atoms with Gasteiger partial charge in [-0.05, 0) is 12.1 Å². The highest BCUT2D eigenvalue weighted by molar-refractivity contribution is 7.86. The van der Waals surface area contributed by atoms with Crippen molar-refractivity contribution >= 4 is 31.0 Å². The Kier molecular flexibility index (Phi) is 9.35. The molecule has 2 aromatic rings. The van der Waals surface area contributed by atoms with Crippen molar-refractivity contribution in [3.63, 3.8) is 0 Å². The van der Waals surface area contributed by atoms with Gasteiger partial charge in [-0.3, -0.25) is 0 Å². The topological polar surface area (TPSA) is 123 Å². The summed E-state index contributed by atoms with van der Waals surface area (Å²) in [5, 5.41) is -0.158. The lowest BCUT2D eigenvalue weighted by Gasteiger charge is -2.14. The quantitative estimate of drug-likeness (QED) is 0.566. The number of benzene rings is 2. The van der Waals surface area contributed by atoms with Crippen molar-refractivity contribution < 1.29 is 35.7 Å². The summed E-state index contributed by atoms with van der Waals surface area (Å²) >= 11 is 0. The van der Waals surface area contributed by atoms with Gasteiger partial charge in [-0.1, -0.05) is 24.3 Å². The lowest BCUT2D eigenvalue weighted by atomic mass is 10.1. The first kappa shape index (κ1) is 24.4. The summed E-state index contributed by atoms with van der Waals surface area (Å²) in [4.78, 5) is 1.73. The highest BCUT2D eigenvalue weighted by Crippen LogP contribution is 2.27. The molecule has 26 heavy (non-hydrogen) atoms. The van der Waals surface area contributed by atoms with E-state index in [1.807, 2.05) is 0 Å². The van der Waals surface area contributed by atoms with E-state index in [0.717, 1.165) is 12.1 Å². The van der Waals surface area contributed by atoms with Gasteiger partial charge >= 0.3 is 0 Å². The van der Waals surface area contributed by atoms with Gasteiger partial charge in [0.1, 0.15) is 20.2 Å². The molecule has 8 nitrogen and oxygen atoms in total. The summed E-state index contributed by atoms with van der Waals surface area (Å²) in [7, 11) is 3.02. The smallest absolute Gasteiger partial charge is 0.125 e. The summed E-state index contributed by atoms with van der Waals surface area (Å²) in [6, 6.07) is 7.09. The lowest BCUT2D eigenvalue weighted by Crippen LogP contribution is -3.02. The molecule has 0 atom stereocenters. The molecule has 2 rings (SSSR count). The molecule has 0 aliphatic carbocycles. The zero-order chi connectivity index (χ0) is 20.7. The first-order valence-corrected chi connectivity index (χ1v) is 10.5. The predicted molar refractivity (Wildman–Crippen MR) is 97.3 cm³/mol. The van der Waals surface area contributed by atoms with Gasteiger partial charge in [0.15, 0.2) is 0 Å². The number of rotatable bonds is 2. The van der Waals surface area contributed by atoms with Gasteiger partial charge in [-0.25, -0.2) is 16.8 Å². The molecule has 0 amide bonds. The Bertz CT molecular complexity index is 840. The van der Waals surface area contributed by atoms with Gasteiger partial charge in [0.05, 0.1) is 52.1 Å². The zero-order valence-corrected chi connectivity index (χ0v) is 17.4. The van der Waals surface area contributed by atoms with E-state index < -0.39 is 30.0 Å².